The van der Waals surface area contributed by atoms with E-state index < -0.39 is 6.10 Å². The van der Waals surface area contributed by atoms with E-state index in [2.05, 4.69) is 4.98 Å². The van der Waals surface area contributed by atoms with Gasteiger partial charge in [0, 0.05) is 18.0 Å². The first-order valence-corrected chi connectivity index (χ1v) is 9.15. The van der Waals surface area contributed by atoms with E-state index in [9.17, 15) is 9.90 Å². The van der Waals surface area contributed by atoms with Crippen LogP contribution < -0.4 is 4.74 Å². The summed E-state index contributed by atoms with van der Waals surface area (Å²) in [6.07, 6.45) is 7.31. The molecule has 1 aliphatic rings. The van der Waals surface area contributed by atoms with Crippen LogP contribution in [0, 0.1) is 5.92 Å². The van der Waals surface area contributed by atoms with Gasteiger partial charge in [-0.2, -0.15) is 0 Å². The molecule has 26 heavy (non-hydrogen) atoms. The van der Waals surface area contributed by atoms with Crippen LogP contribution in [-0.4, -0.2) is 22.2 Å². The summed E-state index contributed by atoms with van der Waals surface area (Å²) in [4.78, 5) is 15.9. The molecule has 1 aliphatic carbocycles. The molecule has 1 atom stereocenters. The molecule has 0 aliphatic heterocycles. The molecule has 138 valence electrons. The number of nitrogens with zero attached hydrogens (tertiary/aromatic N) is 1. The summed E-state index contributed by atoms with van der Waals surface area (Å²) in [5.74, 6) is 0.653. The minimum Gasteiger partial charge on any atom is -0.489 e. The van der Waals surface area contributed by atoms with Crippen molar-refractivity contribution in [2.24, 2.45) is 5.92 Å². The molecule has 0 radical (unpaired) electrons. The number of aromatic nitrogens is 1. The average molecular weight is 355 g/mol. The van der Waals surface area contributed by atoms with E-state index in [0.717, 1.165) is 42.6 Å². The van der Waals surface area contributed by atoms with Gasteiger partial charge >= 0.3 is 5.97 Å². The molecule has 1 fully saturated rings. The number of hydrogen-bond donors (Lipinski definition) is 1. The van der Waals surface area contributed by atoms with Crippen LogP contribution in [0.15, 0.2) is 48.8 Å². The van der Waals surface area contributed by atoms with Crippen LogP contribution in [0.25, 0.3) is 0 Å². The summed E-state index contributed by atoms with van der Waals surface area (Å²) >= 11 is 0. The molecule has 0 amide bonds. The number of esters is 1. The molecule has 1 unspecified atom stereocenters. The summed E-state index contributed by atoms with van der Waals surface area (Å²) in [5, 5.41) is 10.1. The van der Waals surface area contributed by atoms with E-state index in [4.69, 9.17) is 9.47 Å². The summed E-state index contributed by atoms with van der Waals surface area (Å²) in [6.45, 7) is 0.667. The van der Waals surface area contributed by atoms with Crippen molar-refractivity contribution in [2.45, 2.75) is 51.4 Å². The standard InChI is InChI=1S/C21H25NO4/c23-20(18-5-1-2-6-18)12-21(24)26-14-16-7-9-19(10-8-16)25-15-17-4-3-11-22-13-17/h3-4,7-11,13,18,20,23H,1-2,5-6,12,14-15H2. The molecule has 2 aromatic rings. The lowest BCUT2D eigenvalue weighted by molar-refractivity contribution is -0.148. The topological polar surface area (TPSA) is 68.7 Å². The minimum atomic E-state index is -0.576. The highest BCUT2D eigenvalue weighted by molar-refractivity contribution is 5.70. The number of aliphatic hydroxyl groups excluding tert-OH is 1. The predicted octanol–water partition coefficient (Wildman–Crippen LogP) is 3.65. The number of carbonyl (C=O) groups excluding carboxylic acids is 1. The van der Waals surface area contributed by atoms with Gasteiger partial charge in [0.2, 0.25) is 0 Å². The van der Waals surface area contributed by atoms with Gasteiger partial charge in [-0.1, -0.05) is 31.0 Å². The van der Waals surface area contributed by atoms with Gasteiger partial charge in [0.05, 0.1) is 12.5 Å². The van der Waals surface area contributed by atoms with Crippen LogP contribution in [-0.2, 0) is 22.7 Å². The minimum absolute atomic E-state index is 0.0803. The van der Waals surface area contributed by atoms with Gasteiger partial charge in [-0.05, 0) is 42.5 Å². The smallest absolute Gasteiger partial charge is 0.308 e. The fourth-order valence-electron chi connectivity index (χ4n) is 3.23. The highest BCUT2D eigenvalue weighted by Gasteiger charge is 2.25. The normalized spacial score (nSPS) is 15.6. The molecular weight excluding hydrogens is 330 g/mol. The number of carbonyl (C=O) groups is 1. The second-order valence-corrected chi connectivity index (χ2v) is 6.77. The molecule has 1 heterocycles. The zero-order valence-corrected chi connectivity index (χ0v) is 14.8. The van der Waals surface area contributed by atoms with Crippen LogP contribution in [0.5, 0.6) is 5.75 Å². The molecule has 1 N–H and O–H groups in total. The molecule has 5 heteroatoms. The molecule has 1 aromatic heterocycles. The summed E-state index contributed by atoms with van der Waals surface area (Å²) in [6, 6.07) is 11.3. The van der Waals surface area contributed by atoms with Gasteiger partial charge < -0.3 is 14.6 Å². The largest absolute Gasteiger partial charge is 0.489 e. The van der Waals surface area contributed by atoms with E-state index in [0.29, 0.717) is 6.61 Å². The molecule has 1 saturated carbocycles. The SMILES string of the molecule is O=C(CC(O)C1CCCC1)OCc1ccc(OCc2cccnc2)cc1. The van der Waals surface area contributed by atoms with Gasteiger partial charge in [0.1, 0.15) is 19.0 Å². The maximum Gasteiger partial charge on any atom is 0.308 e. The van der Waals surface area contributed by atoms with E-state index in [1.54, 1.807) is 12.4 Å². The lowest BCUT2D eigenvalue weighted by atomic mass is 9.98. The Kier molecular flexibility index (Phi) is 6.61. The Morgan fingerprint density at radius 3 is 2.58 bits per heavy atom. The van der Waals surface area contributed by atoms with Crippen molar-refractivity contribution in [2.75, 3.05) is 0 Å². The van der Waals surface area contributed by atoms with E-state index in [1.807, 2.05) is 36.4 Å². The van der Waals surface area contributed by atoms with Crippen molar-refractivity contribution in [1.82, 2.24) is 4.98 Å². The Hall–Kier alpha value is -2.40. The van der Waals surface area contributed by atoms with Gasteiger partial charge in [0.25, 0.3) is 0 Å². The van der Waals surface area contributed by atoms with Gasteiger partial charge in [0.15, 0.2) is 0 Å². The molecule has 3 rings (SSSR count). The van der Waals surface area contributed by atoms with Crippen LogP contribution in [0.2, 0.25) is 0 Å². The van der Waals surface area contributed by atoms with Gasteiger partial charge in [-0.25, -0.2) is 0 Å². The first-order chi connectivity index (χ1) is 12.7. The fourth-order valence-corrected chi connectivity index (χ4v) is 3.23. The average Bonchev–Trinajstić information content (AvgIpc) is 3.21. The zero-order valence-electron chi connectivity index (χ0n) is 14.8. The first kappa shape index (κ1) is 18.4. The highest BCUT2D eigenvalue weighted by Crippen LogP contribution is 2.29. The molecule has 1 aromatic carbocycles. The van der Waals surface area contributed by atoms with E-state index >= 15 is 0 Å². The Morgan fingerprint density at radius 2 is 1.88 bits per heavy atom. The zero-order chi connectivity index (χ0) is 18.2. The van der Waals surface area contributed by atoms with Crippen molar-refractivity contribution in [1.29, 1.82) is 0 Å². The van der Waals surface area contributed by atoms with Crippen molar-refractivity contribution < 1.29 is 19.4 Å². The molecule has 0 bridgehead atoms. The lowest BCUT2D eigenvalue weighted by Gasteiger charge is -2.16. The third-order valence-corrected chi connectivity index (χ3v) is 4.77. The summed E-state index contributed by atoms with van der Waals surface area (Å²) in [5.41, 5.74) is 1.90. The lowest BCUT2D eigenvalue weighted by Crippen LogP contribution is -2.22. The maximum absolute atomic E-state index is 11.9. The Bertz CT molecular complexity index is 681. The third-order valence-electron chi connectivity index (χ3n) is 4.77. The number of benzene rings is 1. The second kappa shape index (κ2) is 9.34. The Balaban J connectivity index is 1.40. The number of hydrogen-bond acceptors (Lipinski definition) is 5. The van der Waals surface area contributed by atoms with Crippen molar-refractivity contribution in [3.63, 3.8) is 0 Å². The Morgan fingerprint density at radius 1 is 1.12 bits per heavy atom. The maximum atomic E-state index is 11.9. The second-order valence-electron chi connectivity index (χ2n) is 6.77. The first-order valence-electron chi connectivity index (χ1n) is 9.15. The van der Waals surface area contributed by atoms with Crippen molar-refractivity contribution in [3.05, 3.63) is 59.9 Å². The quantitative estimate of drug-likeness (QED) is 0.732. The fraction of sp³-hybridized carbons (Fsp3) is 0.429. The van der Waals surface area contributed by atoms with Crippen LogP contribution in [0.3, 0.4) is 0 Å². The molecule has 0 spiro atoms. The van der Waals surface area contributed by atoms with Crippen LogP contribution in [0.1, 0.15) is 43.2 Å². The van der Waals surface area contributed by atoms with Crippen molar-refractivity contribution >= 4 is 5.97 Å². The molecular formula is C21H25NO4. The number of aliphatic hydroxyl groups is 1. The van der Waals surface area contributed by atoms with E-state index in [-0.39, 0.29) is 24.9 Å². The van der Waals surface area contributed by atoms with Crippen molar-refractivity contribution in [3.8, 4) is 5.75 Å². The molecule has 5 nitrogen and oxygen atoms in total. The van der Waals surface area contributed by atoms with Crippen LogP contribution >= 0.6 is 0 Å². The summed E-state index contributed by atoms with van der Waals surface area (Å²) < 4.78 is 11.0. The number of rotatable bonds is 8. The van der Waals surface area contributed by atoms with Gasteiger partial charge in [-0.15, -0.1) is 0 Å². The third kappa shape index (κ3) is 5.56. The number of pyridine rings is 1. The molecule has 0 saturated heterocycles. The predicted molar refractivity (Wildman–Crippen MR) is 97.4 cm³/mol. The summed E-state index contributed by atoms with van der Waals surface area (Å²) in [7, 11) is 0. The Labute approximate surface area is 154 Å². The van der Waals surface area contributed by atoms with Crippen LogP contribution in [0.4, 0.5) is 0 Å². The highest BCUT2D eigenvalue weighted by atomic mass is 16.5. The monoisotopic (exact) mass is 355 g/mol. The van der Waals surface area contributed by atoms with Gasteiger partial charge in [-0.3, -0.25) is 9.78 Å². The van der Waals surface area contributed by atoms with E-state index in [1.165, 1.54) is 0 Å². The number of ether oxygens (including phenoxy) is 2.